The van der Waals surface area contributed by atoms with E-state index >= 15 is 0 Å². The van der Waals surface area contributed by atoms with Gasteiger partial charge in [0.15, 0.2) is 0 Å². The minimum atomic E-state index is 0.853. The number of nitrogens with zero attached hydrogens (tertiary/aromatic N) is 3. The SMILES string of the molecule is Cc1sc2ncnc(Nc3ccc(N4CCCC4)cc3)c2c1-c1ccc(Br)cc1. The van der Waals surface area contributed by atoms with E-state index in [1.54, 1.807) is 17.7 Å². The predicted octanol–water partition coefficient (Wildman–Crippen LogP) is 6.77. The maximum Gasteiger partial charge on any atom is 0.143 e. The van der Waals surface area contributed by atoms with Gasteiger partial charge in [0.2, 0.25) is 0 Å². The van der Waals surface area contributed by atoms with Crippen LogP contribution in [-0.4, -0.2) is 23.1 Å². The first-order chi connectivity index (χ1) is 14.2. The molecule has 2 aromatic heterocycles. The monoisotopic (exact) mass is 464 g/mol. The molecule has 5 rings (SSSR count). The lowest BCUT2D eigenvalue weighted by Crippen LogP contribution is -2.17. The molecular formula is C23H21BrN4S. The minimum Gasteiger partial charge on any atom is -0.372 e. The highest BCUT2D eigenvalue weighted by atomic mass is 79.9. The van der Waals surface area contributed by atoms with Crippen molar-refractivity contribution >= 4 is 54.7 Å². The van der Waals surface area contributed by atoms with Crippen molar-refractivity contribution in [1.29, 1.82) is 0 Å². The van der Waals surface area contributed by atoms with Gasteiger partial charge < -0.3 is 10.2 Å². The van der Waals surface area contributed by atoms with Crippen molar-refractivity contribution in [2.75, 3.05) is 23.3 Å². The summed E-state index contributed by atoms with van der Waals surface area (Å²) in [6.07, 6.45) is 4.22. The van der Waals surface area contributed by atoms with Crippen LogP contribution in [-0.2, 0) is 0 Å². The molecule has 6 heteroatoms. The van der Waals surface area contributed by atoms with Crippen LogP contribution in [0.1, 0.15) is 17.7 Å². The van der Waals surface area contributed by atoms with Crippen LogP contribution in [0.3, 0.4) is 0 Å². The predicted molar refractivity (Wildman–Crippen MR) is 126 cm³/mol. The summed E-state index contributed by atoms with van der Waals surface area (Å²) in [4.78, 5) is 13.8. The van der Waals surface area contributed by atoms with Gasteiger partial charge in [0.05, 0.1) is 5.39 Å². The summed E-state index contributed by atoms with van der Waals surface area (Å²) >= 11 is 5.24. The van der Waals surface area contributed by atoms with Crippen LogP contribution in [0.4, 0.5) is 17.2 Å². The van der Waals surface area contributed by atoms with E-state index in [1.165, 1.54) is 34.5 Å². The van der Waals surface area contributed by atoms with E-state index < -0.39 is 0 Å². The highest BCUT2D eigenvalue weighted by Gasteiger charge is 2.17. The van der Waals surface area contributed by atoms with E-state index in [-0.39, 0.29) is 0 Å². The largest absolute Gasteiger partial charge is 0.372 e. The average molecular weight is 465 g/mol. The van der Waals surface area contributed by atoms with E-state index in [2.05, 4.69) is 91.6 Å². The smallest absolute Gasteiger partial charge is 0.143 e. The molecule has 1 fully saturated rings. The van der Waals surface area contributed by atoms with Crippen LogP contribution in [0, 0.1) is 6.92 Å². The standard InChI is InChI=1S/C23H21BrN4S/c1-15-20(16-4-6-17(24)7-5-16)21-22(25-14-26-23(21)29-15)27-18-8-10-19(11-9-18)28-12-2-3-13-28/h4-11,14H,2-3,12-13H2,1H3,(H,25,26,27). The van der Waals surface area contributed by atoms with Crippen molar-refractivity contribution in [2.24, 2.45) is 0 Å². The first-order valence-corrected chi connectivity index (χ1v) is 11.4. The Morgan fingerprint density at radius 1 is 0.966 bits per heavy atom. The highest BCUT2D eigenvalue weighted by Crippen LogP contribution is 2.41. The summed E-state index contributed by atoms with van der Waals surface area (Å²) in [5.74, 6) is 0.853. The molecule has 0 radical (unpaired) electrons. The summed E-state index contributed by atoms with van der Waals surface area (Å²) in [6.45, 7) is 4.46. The number of hydrogen-bond donors (Lipinski definition) is 1. The number of aryl methyl sites for hydroxylation is 1. The lowest BCUT2D eigenvalue weighted by atomic mass is 10.0. The van der Waals surface area contributed by atoms with Crippen molar-refractivity contribution in [3.8, 4) is 11.1 Å². The number of halogens is 1. The lowest BCUT2D eigenvalue weighted by Gasteiger charge is -2.18. The van der Waals surface area contributed by atoms with E-state index in [0.717, 1.165) is 39.3 Å². The highest BCUT2D eigenvalue weighted by molar-refractivity contribution is 9.10. The molecule has 29 heavy (non-hydrogen) atoms. The number of aromatic nitrogens is 2. The molecule has 0 unspecified atom stereocenters. The maximum atomic E-state index is 4.58. The third kappa shape index (κ3) is 3.63. The number of rotatable bonds is 4. The van der Waals surface area contributed by atoms with Gasteiger partial charge in [-0.05, 0) is 61.7 Å². The molecule has 4 aromatic rings. The maximum absolute atomic E-state index is 4.58. The second-order valence-electron chi connectivity index (χ2n) is 7.31. The summed E-state index contributed by atoms with van der Waals surface area (Å²) in [5, 5.41) is 4.61. The van der Waals surface area contributed by atoms with Crippen molar-refractivity contribution in [3.63, 3.8) is 0 Å². The van der Waals surface area contributed by atoms with Crippen molar-refractivity contribution in [2.45, 2.75) is 19.8 Å². The number of thiophene rings is 1. The molecule has 0 atom stereocenters. The Bertz CT molecular complexity index is 1150. The second kappa shape index (κ2) is 7.76. The minimum absolute atomic E-state index is 0.853. The summed E-state index contributed by atoms with van der Waals surface area (Å²) in [6, 6.07) is 17.1. The molecule has 0 aliphatic carbocycles. The third-order valence-corrected chi connectivity index (χ3v) is 6.94. The van der Waals surface area contributed by atoms with Crippen LogP contribution >= 0.6 is 27.3 Å². The molecule has 1 saturated heterocycles. The molecule has 0 spiro atoms. The fourth-order valence-electron chi connectivity index (χ4n) is 3.97. The fraction of sp³-hybridized carbons (Fsp3) is 0.217. The van der Waals surface area contributed by atoms with Gasteiger partial charge in [-0.15, -0.1) is 11.3 Å². The average Bonchev–Trinajstić information content (AvgIpc) is 3.37. The first-order valence-electron chi connectivity index (χ1n) is 9.81. The topological polar surface area (TPSA) is 41.1 Å². The molecule has 1 aliphatic rings. The zero-order valence-corrected chi connectivity index (χ0v) is 18.6. The Labute approximate surface area is 182 Å². The van der Waals surface area contributed by atoms with Gasteiger partial charge in [0.1, 0.15) is 17.0 Å². The molecule has 4 nitrogen and oxygen atoms in total. The van der Waals surface area contributed by atoms with Gasteiger partial charge in [-0.2, -0.15) is 0 Å². The number of nitrogens with one attached hydrogen (secondary N) is 1. The quantitative estimate of drug-likeness (QED) is 0.361. The molecule has 3 heterocycles. The Balaban J connectivity index is 1.52. The first kappa shape index (κ1) is 18.6. The molecule has 1 N–H and O–H groups in total. The van der Waals surface area contributed by atoms with Gasteiger partial charge in [0, 0.05) is 39.4 Å². The Morgan fingerprint density at radius 2 is 1.69 bits per heavy atom. The van der Waals surface area contributed by atoms with E-state index in [0.29, 0.717) is 0 Å². The summed E-state index contributed by atoms with van der Waals surface area (Å²) in [5.41, 5.74) is 4.72. The number of fused-ring (bicyclic) bond motifs is 1. The van der Waals surface area contributed by atoms with Crippen LogP contribution < -0.4 is 10.2 Å². The lowest BCUT2D eigenvalue weighted by molar-refractivity contribution is 0.949. The summed E-state index contributed by atoms with van der Waals surface area (Å²) in [7, 11) is 0. The van der Waals surface area contributed by atoms with Crippen LogP contribution in [0.5, 0.6) is 0 Å². The molecule has 0 amide bonds. The number of hydrogen-bond acceptors (Lipinski definition) is 5. The molecule has 2 aromatic carbocycles. The van der Waals surface area contributed by atoms with Crippen LogP contribution in [0.25, 0.3) is 21.3 Å². The van der Waals surface area contributed by atoms with E-state index in [9.17, 15) is 0 Å². The van der Waals surface area contributed by atoms with Gasteiger partial charge in [-0.25, -0.2) is 9.97 Å². The number of benzene rings is 2. The zero-order chi connectivity index (χ0) is 19.8. The Morgan fingerprint density at radius 3 is 2.41 bits per heavy atom. The molecule has 0 bridgehead atoms. The fourth-order valence-corrected chi connectivity index (χ4v) is 5.25. The third-order valence-electron chi connectivity index (χ3n) is 5.40. The van der Waals surface area contributed by atoms with E-state index in [4.69, 9.17) is 0 Å². The second-order valence-corrected chi connectivity index (χ2v) is 9.43. The molecule has 1 aliphatic heterocycles. The van der Waals surface area contributed by atoms with Crippen LogP contribution in [0.2, 0.25) is 0 Å². The molecule has 0 saturated carbocycles. The summed E-state index contributed by atoms with van der Waals surface area (Å²) < 4.78 is 1.08. The molecule has 146 valence electrons. The Hall–Kier alpha value is -2.44. The van der Waals surface area contributed by atoms with Crippen LogP contribution in [0.15, 0.2) is 59.3 Å². The zero-order valence-electron chi connectivity index (χ0n) is 16.2. The number of anilines is 3. The van der Waals surface area contributed by atoms with Crippen molar-refractivity contribution < 1.29 is 0 Å². The normalized spacial score (nSPS) is 13.9. The van der Waals surface area contributed by atoms with Gasteiger partial charge >= 0.3 is 0 Å². The van der Waals surface area contributed by atoms with E-state index in [1.807, 2.05) is 0 Å². The molecular weight excluding hydrogens is 444 g/mol. The van der Waals surface area contributed by atoms with Gasteiger partial charge in [-0.3, -0.25) is 0 Å². The van der Waals surface area contributed by atoms with Crippen molar-refractivity contribution in [1.82, 2.24) is 9.97 Å². The van der Waals surface area contributed by atoms with Gasteiger partial charge in [0.25, 0.3) is 0 Å². The van der Waals surface area contributed by atoms with Gasteiger partial charge in [-0.1, -0.05) is 28.1 Å². The van der Waals surface area contributed by atoms with Crippen molar-refractivity contribution in [3.05, 3.63) is 64.2 Å². The Kier molecular flexibility index (Phi) is 4.97.